The minimum absolute atomic E-state index is 0.127. The second kappa shape index (κ2) is 4.69. The van der Waals surface area contributed by atoms with Gasteiger partial charge in [0.15, 0.2) is 0 Å². The van der Waals surface area contributed by atoms with Gasteiger partial charge in [0, 0.05) is 0 Å². The molecule has 4 nitrogen and oxygen atoms in total. The Labute approximate surface area is 89.9 Å². The maximum atomic E-state index is 12.0. The van der Waals surface area contributed by atoms with E-state index in [-0.39, 0.29) is 11.3 Å². The summed E-state index contributed by atoms with van der Waals surface area (Å²) in [6.45, 7) is 1.52. The summed E-state index contributed by atoms with van der Waals surface area (Å²) >= 11 is 0. The average Bonchev–Trinajstić information content (AvgIpc) is 2.16. The van der Waals surface area contributed by atoms with E-state index in [4.69, 9.17) is 5.11 Å². The monoisotopic (exact) mass is 229 g/mol. The molecule has 0 aliphatic rings. The van der Waals surface area contributed by atoms with Crippen molar-refractivity contribution < 1.29 is 23.5 Å². The summed E-state index contributed by atoms with van der Waals surface area (Å²) in [4.78, 5) is 21.6. The zero-order valence-electron chi connectivity index (χ0n) is 8.33. The highest BCUT2D eigenvalue weighted by Gasteiger charge is 2.19. The highest BCUT2D eigenvalue weighted by Crippen LogP contribution is 2.19. The van der Waals surface area contributed by atoms with E-state index in [2.05, 4.69) is 0 Å². The molecule has 0 aliphatic carbocycles. The fourth-order valence-electron chi connectivity index (χ4n) is 1.24. The van der Waals surface area contributed by atoms with Crippen LogP contribution in [0.3, 0.4) is 0 Å². The summed E-state index contributed by atoms with van der Waals surface area (Å²) in [5, 5.41) is 10.7. The van der Waals surface area contributed by atoms with Crippen LogP contribution in [0.1, 0.15) is 15.9 Å². The molecule has 16 heavy (non-hydrogen) atoms. The number of hydrogen-bond donors (Lipinski definition) is 2. The quantitative estimate of drug-likeness (QED) is 0.831. The summed E-state index contributed by atoms with van der Waals surface area (Å²) < 4.78 is 24.0. The predicted octanol–water partition coefficient (Wildman–Crippen LogP) is 1.90. The molecule has 0 aromatic heterocycles. The van der Waals surface area contributed by atoms with Gasteiger partial charge in [0.25, 0.3) is 5.91 Å². The Kier molecular flexibility index (Phi) is 3.55. The third kappa shape index (κ3) is 2.53. The standard InChI is InChI=1S/C10H9F2NO3/c1-5-3-2-4-6(7(5)10(15)16)13-9(14)8(11)12/h2-4,8H,1H3,(H,13,14)(H,15,16). The molecular formula is C10H9F2NO3. The molecule has 0 atom stereocenters. The van der Waals surface area contributed by atoms with Crippen LogP contribution < -0.4 is 5.32 Å². The number of benzene rings is 1. The Morgan fingerprint density at radius 3 is 2.50 bits per heavy atom. The van der Waals surface area contributed by atoms with Crippen molar-refractivity contribution in [2.45, 2.75) is 13.3 Å². The molecule has 0 radical (unpaired) electrons. The molecule has 2 N–H and O–H groups in total. The minimum atomic E-state index is -3.18. The summed E-state index contributed by atoms with van der Waals surface area (Å²) in [5.74, 6) is -2.80. The van der Waals surface area contributed by atoms with Crippen molar-refractivity contribution in [2.75, 3.05) is 5.32 Å². The highest BCUT2D eigenvalue weighted by atomic mass is 19.3. The van der Waals surface area contributed by atoms with Crippen LogP contribution in [0.2, 0.25) is 0 Å². The van der Waals surface area contributed by atoms with Crippen LogP contribution in [0.5, 0.6) is 0 Å². The molecule has 0 saturated carbocycles. The molecule has 1 aromatic rings. The van der Waals surface area contributed by atoms with Gasteiger partial charge in [-0.1, -0.05) is 12.1 Å². The Bertz CT molecular complexity index is 432. The van der Waals surface area contributed by atoms with E-state index in [1.54, 1.807) is 0 Å². The first-order chi connectivity index (χ1) is 7.43. The number of halogens is 2. The molecule has 6 heteroatoms. The first-order valence-corrected chi connectivity index (χ1v) is 4.35. The highest BCUT2D eigenvalue weighted by molar-refractivity contribution is 6.02. The number of hydrogen-bond acceptors (Lipinski definition) is 2. The lowest BCUT2D eigenvalue weighted by molar-refractivity contribution is -0.126. The number of carboxylic acid groups (broad SMARTS) is 1. The first-order valence-electron chi connectivity index (χ1n) is 4.35. The Morgan fingerprint density at radius 2 is 2.00 bits per heavy atom. The molecule has 1 rings (SSSR count). The lowest BCUT2D eigenvalue weighted by Crippen LogP contribution is -2.22. The largest absolute Gasteiger partial charge is 0.478 e. The van der Waals surface area contributed by atoms with Crippen molar-refractivity contribution >= 4 is 17.6 Å². The van der Waals surface area contributed by atoms with Gasteiger partial charge in [-0.25, -0.2) is 4.79 Å². The van der Waals surface area contributed by atoms with E-state index in [1.807, 2.05) is 5.32 Å². The molecule has 0 bridgehead atoms. The van der Waals surface area contributed by atoms with Crippen molar-refractivity contribution in [2.24, 2.45) is 0 Å². The van der Waals surface area contributed by atoms with E-state index in [0.29, 0.717) is 5.56 Å². The summed E-state index contributed by atoms with van der Waals surface area (Å²) in [5.41, 5.74) is 0.0777. The van der Waals surface area contributed by atoms with Gasteiger partial charge in [-0.3, -0.25) is 4.79 Å². The van der Waals surface area contributed by atoms with Crippen LogP contribution in [-0.4, -0.2) is 23.4 Å². The number of carbonyl (C=O) groups excluding carboxylic acids is 1. The topological polar surface area (TPSA) is 66.4 Å². The molecule has 0 unspecified atom stereocenters. The number of alkyl halides is 2. The van der Waals surface area contributed by atoms with Crippen LogP contribution >= 0.6 is 0 Å². The van der Waals surface area contributed by atoms with E-state index >= 15 is 0 Å². The van der Waals surface area contributed by atoms with E-state index in [0.717, 1.165) is 0 Å². The SMILES string of the molecule is Cc1cccc(NC(=O)C(F)F)c1C(=O)O. The zero-order valence-corrected chi connectivity index (χ0v) is 8.33. The summed E-state index contributed by atoms with van der Waals surface area (Å²) in [6.07, 6.45) is -3.18. The van der Waals surface area contributed by atoms with E-state index < -0.39 is 18.3 Å². The van der Waals surface area contributed by atoms with Crippen LogP contribution in [0.15, 0.2) is 18.2 Å². The molecule has 1 amide bonds. The Hall–Kier alpha value is -1.98. The maximum absolute atomic E-state index is 12.0. The van der Waals surface area contributed by atoms with Gasteiger partial charge in [0.1, 0.15) is 0 Å². The fourth-order valence-corrected chi connectivity index (χ4v) is 1.24. The smallest absolute Gasteiger partial charge is 0.338 e. The normalized spacial score (nSPS) is 10.2. The van der Waals surface area contributed by atoms with Crippen LogP contribution in [0.25, 0.3) is 0 Å². The van der Waals surface area contributed by atoms with Crippen LogP contribution in [0.4, 0.5) is 14.5 Å². The van der Waals surface area contributed by atoms with Gasteiger partial charge in [-0.15, -0.1) is 0 Å². The molecule has 0 spiro atoms. The number of nitrogens with one attached hydrogen (secondary N) is 1. The van der Waals surface area contributed by atoms with Crippen molar-refractivity contribution in [1.82, 2.24) is 0 Å². The zero-order chi connectivity index (χ0) is 12.3. The number of carboxylic acids is 1. The molecule has 0 aliphatic heterocycles. The van der Waals surface area contributed by atoms with Crippen molar-refractivity contribution in [3.63, 3.8) is 0 Å². The van der Waals surface area contributed by atoms with Gasteiger partial charge in [-0.2, -0.15) is 8.78 Å². The van der Waals surface area contributed by atoms with Gasteiger partial charge < -0.3 is 10.4 Å². The second-order valence-corrected chi connectivity index (χ2v) is 3.09. The molecule has 0 saturated heterocycles. The fraction of sp³-hybridized carbons (Fsp3) is 0.200. The van der Waals surface area contributed by atoms with E-state index in [1.165, 1.54) is 25.1 Å². The number of carbonyl (C=O) groups is 2. The van der Waals surface area contributed by atoms with Gasteiger partial charge >= 0.3 is 12.4 Å². The van der Waals surface area contributed by atoms with Crippen molar-refractivity contribution in [3.05, 3.63) is 29.3 Å². The molecule has 86 valence electrons. The van der Waals surface area contributed by atoms with Crippen molar-refractivity contribution in [3.8, 4) is 0 Å². The van der Waals surface area contributed by atoms with Gasteiger partial charge in [-0.05, 0) is 18.6 Å². The lowest BCUT2D eigenvalue weighted by Gasteiger charge is -2.09. The third-order valence-electron chi connectivity index (χ3n) is 1.94. The number of aryl methyl sites for hydroxylation is 1. The summed E-state index contributed by atoms with van der Waals surface area (Å²) in [6, 6.07) is 4.25. The number of rotatable bonds is 3. The number of anilines is 1. The average molecular weight is 229 g/mol. The van der Waals surface area contributed by atoms with Crippen LogP contribution in [0, 0.1) is 6.92 Å². The predicted molar refractivity (Wildman–Crippen MR) is 52.8 cm³/mol. The first kappa shape index (κ1) is 12.1. The molecule has 0 heterocycles. The molecular weight excluding hydrogens is 220 g/mol. The Morgan fingerprint density at radius 1 is 1.38 bits per heavy atom. The van der Waals surface area contributed by atoms with Gasteiger partial charge in [0.2, 0.25) is 0 Å². The van der Waals surface area contributed by atoms with E-state index in [9.17, 15) is 18.4 Å². The number of aromatic carboxylic acids is 1. The van der Waals surface area contributed by atoms with Crippen LogP contribution in [-0.2, 0) is 4.79 Å². The third-order valence-corrected chi connectivity index (χ3v) is 1.94. The Balaban J connectivity index is 3.09. The lowest BCUT2D eigenvalue weighted by atomic mass is 10.1. The molecule has 1 aromatic carbocycles. The minimum Gasteiger partial charge on any atom is -0.478 e. The second-order valence-electron chi connectivity index (χ2n) is 3.09. The molecule has 0 fully saturated rings. The summed E-state index contributed by atoms with van der Waals surface area (Å²) in [7, 11) is 0. The number of amides is 1. The van der Waals surface area contributed by atoms with Crippen molar-refractivity contribution in [1.29, 1.82) is 0 Å². The maximum Gasteiger partial charge on any atom is 0.338 e. The van der Waals surface area contributed by atoms with Gasteiger partial charge in [0.05, 0.1) is 11.3 Å².